The number of carbonyl (C=O) groups excluding carboxylic acids is 1. The molecule has 2 heterocycles. The highest BCUT2D eigenvalue weighted by molar-refractivity contribution is 7.99. The van der Waals surface area contributed by atoms with E-state index in [0.717, 1.165) is 50.4 Å². The van der Waals surface area contributed by atoms with Gasteiger partial charge in [0.1, 0.15) is 22.1 Å². The fourth-order valence-electron chi connectivity index (χ4n) is 8.05. The van der Waals surface area contributed by atoms with Crippen LogP contribution in [0.2, 0.25) is 0 Å². The van der Waals surface area contributed by atoms with Crippen LogP contribution in [0.1, 0.15) is 22.5 Å². The quantitative estimate of drug-likeness (QED) is 0.0463. The molecule has 1 unspecified atom stereocenters. The summed E-state index contributed by atoms with van der Waals surface area (Å²) in [4.78, 5) is 19.5. The van der Waals surface area contributed by atoms with E-state index >= 15 is 0 Å². The standard InChI is InChI=1S/C49H53F4N7O4S3/c1-33-45(48(61)54-2)46(47(58(33)5)34-14-16-36(50)17-15-34)35-10-9-11-40(30-35)60-28-26-59(27-29-60)39-20-18-37(19-21-39)56-66(62)42-22-23-43(44(31-42)67(63,64)49(51,52)53)55-38(24-25-57(3)4)32-65-41-12-7-6-8-13-41/h6-23,30-31,38,55-56H,24-29,32H2,1-5H3,(H,54,61)/t38-,66?/m1/s1. The summed E-state index contributed by atoms with van der Waals surface area (Å²) < 4.78 is 101. The highest BCUT2D eigenvalue weighted by atomic mass is 32.2. The zero-order chi connectivity index (χ0) is 48.0. The van der Waals surface area contributed by atoms with Crippen LogP contribution >= 0.6 is 11.8 Å². The Labute approximate surface area is 396 Å². The van der Waals surface area contributed by atoms with Gasteiger partial charge in [-0.2, -0.15) is 13.2 Å². The predicted octanol–water partition coefficient (Wildman–Crippen LogP) is 9.45. The molecule has 1 fully saturated rings. The van der Waals surface area contributed by atoms with Gasteiger partial charge in [-0.05, 0) is 130 Å². The lowest BCUT2D eigenvalue weighted by Crippen LogP contribution is -2.46. The van der Waals surface area contributed by atoms with Gasteiger partial charge in [-0.25, -0.2) is 17.5 Å². The van der Waals surface area contributed by atoms with Crippen molar-refractivity contribution >= 4 is 61.6 Å². The van der Waals surface area contributed by atoms with E-state index in [-0.39, 0.29) is 22.3 Å². The summed E-state index contributed by atoms with van der Waals surface area (Å²) in [7, 11) is 1.42. The minimum Gasteiger partial charge on any atom is -0.588 e. The van der Waals surface area contributed by atoms with Crippen molar-refractivity contribution in [3.63, 3.8) is 0 Å². The molecule has 18 heteroatoms. The lowest BCUT2D eigenvalue weighted by molar-refractivity contribution is -0.0435. The molecule has 0 saturated carbocycles. The zero-order valence-electron chi connectivity index (χ0n) is 37.7. The van der Waals surface area contributed by atoms with Crippen molar-refractivity contribution in [2.75, 3.05) is 79.5 Å². The third-order valence-corrected chi connectivity index (χ3v) is 15.5. The number of carbonyl (C=O) groups is 1. The average Bonchev–Trinajstić information content (AvgIpc) is 3.59. The molecule has 0 radical (unpaired) electrons. The van der Waals surface area contributed by atoms with Crippen LogP contribution in [0.5, 0.6) is 0 Å². The zero-order valence-corrected chi connectivity index (χ0v) is 40.2. The number of nitrogens with one attached hydrogen (secondary N) is 3. The molecular formula is C49H53F4N7O4S3. The number of amides is 1. The molecule has 0 bridgehead atoms. The maximum Gasteiger partial charge on any atom is 0.501 e. The van der Waals surface area contributed by atoms with E-state index in [0.29, 0.717) is 56.1 Å². The number of nitrogens with zero attached hydrogens (tertiary/aromatic N) is 4. The first-order valence-corrected chi connectivity index (χ1v) is 25.2. The number of piperazine rings is 1. The molecule has 7 rings (SSSR count). The van der Waals surface area contributed by atoms with Gasteiger partial charge in [0.05, 0.1) is 22.6 Å². The number of sulfone groups is 1. The van der Waals surface area contributed by atoms with Crippen molar-refractivity contribution in [2.24, 2.45) is 7.05 Å². The Morgan fingerprint density at radius 2 is 1.51 bits per heavy atom. The Morgan fingerprint density at radius 1 is 0.851 bits per heavy atom. The minimum atomic E-state index is -5.83. The molecule has 0 spiro atoms. The number of aromatic nitrogens is 1. The first kappa shape index (κ1) is 49.3. The van der Waals surface area contributed by atoms with E-state index in [4.69, 9.17) is 0 Å². The van der Waals surface area contributed by atoms with Crippen LogP contribution in [0.15, 0.2) is 136 Å². The van der Waals surface area contributed by atoms with Crippen molar-refractivity contribution in [3.8, 4) is 22.4 Å². The molecule has 1 amide bonds. The van der Waals surface area contributed by atoms with Gasteiger partial charge >= 0.3 is 5.51 Å². The van der Waals surface area contributed by atoms with Gasteiger partial charge in [-0.15, -0.1) is 11.8 Å². The van der Waals surface area contributed by atoms with Crippen LogP contribution in [0.3, 0.4) is 0 Å². The van der Waals surface area contributed by atoms with Gasteiger partial charge < -0.3 is 34.5 Å². The van der Waals surface area contributed by atoms with E-state index in [9.17, 15) is 35.3 Å². The van der Waals surface area contributed by atoms with Crippen LogP contribution in [0.4, 0.5) is 40.3 Å². The first-order chi connectivity index (χ1) is 31.9. The van der Waals surface area contributed by atoms with Crippen molar-refractivity contribution in [2.45, 2.75) is 39.6 Å². The lowest BCUT2D eigenvalue weighted by Gasteiger charge is -2.37. The molecule has 1 saturated heterocycles. The SMILES string of the molecule is CNC(=O)c1c(-c2cccc(N3CCN(c4ccc(N[S+]([O-])c5ccc(N[C@H](CCN(C)C)CSc6ccccc6)c(S(=O)(=O)C(F)(F)F)c5)cc4)CC3)c2)c(-c2ccc(F)cc2)n(C)c1C. The number of halogens is 4. The van der Waals surface area contributed by atoms with Gasteiger partial charge in [0.25, 0.3) is 15.7 Å². The molecule has 1 aromatic heterocycles. The average molecular weight is 976 g/mol. The van der Waals surface area contributed by atoms with Gasteiger partial charge in [0.2, 0.25) is 0 Å². The van der Waals surface area contributed by atoms with Crippen LogP contribution in [0.25, 0.3) is 22.4 Å². The van der Waals surface area contributed by atoms with Crippen LogP contribution in [-0.4, -0.2) is 99.5 Å². The number of thioether (sulfide) groups is 1. The maximum atomic E-state index is 14.1. The Morgan fingerprint density at radius 3 is 2.13 bits per heavy atom. The Balaban J connectivity index is 1.04. The molecule has 5 aromatic carbocycles. The third kappa shape index (κ3) is 11.4. The first-order valence-electron chi connectivity index (χ1n) is 21.6. The van der Waals surface area contributed by atoms with Gasteiger partial charge in [-0.1, -0.05) is 30.3 Å². The summed E-state index contributed by atoms with van der Waals surface area (Å²) in [6.45, 7) is 5.22. The van der Waals surface area contributed by atoms with Crippen LogP contribution < -0.4 is 25.2 Å². The third-order valence-electron chi connectivity index (χ3n) is 11.7. The van der Waals surface area contributed by atoms with E-state index < -0.39 is 37.6 Å². The van der Waals surface area contributed by atoms with Gasteiger partial charge in [0.15, 0.2) is 4.90 Å². The fraction of sp³-hybridized carbons (Fsp3) is 0.286. The summed E-state index contributed by atoms with van der Waals surface area (Å²) >= 11 is -0.612. The molecule has 1 aliphatic rings. The molecule has 0 aliphatic carbocycles. The molecule has 6 aromatic rings. The monoisotopic (exact) mass is 975 g/mol. The number of rotatable bonds is 17. The van der Waals surface area contributed by atoms with E-state index in [1.54, 1.807) is 31.3 Å². The van der Waals surface area contributed by atoms with E-state index in [1.165, 1.54) is 36.0 Å². The highest BCUT2D eigenvalue weighted by Gasteiger charge is 2.48. The summed E-state index contributed by atoms with van der Waals surface area (Å²) in [6.07, 6.45) is 0.519. The molecular weight excluding hydrogens is 923 g/mol. The smallest absolute Gasteiger partial charge is 0.501 e. The summed E-state index contributed by atoms with van der Waals surface area (Å²) in [6, 6.07) is 34.0. The number of hydrogen-bond donors (Lipinski definition) is 3. The summed E-state index contributed by atoms with van der Waals surface area (Å²) in [5.41, 5.74) is 1.04. The Bertz CT molecular complexity index is 2770. The van der Waals surface area contributed by atoms with Crippen molar-refractivity contribution < 1.29 is 35.3 Å². The largest absolute Gasteiger partial charge is 0.588 e. The molecule has 1 aliphatic heterocycles. The number of anilines is 4. The second-order valence-corrected chi connectivity index (χ2v) is 20.7. The Kier molecular flexibility index (Phi) is 15.5. The number of benzene rings is 5. The second-order valence-electron chi connectivity index (χ2n) is 16.4. The fourth-order valence-corrected chi connectivity index (χ4v) is 10.9. The predicted molar refractivity (Wildman–Crippen MR) is 263 cm³/mol. The van der Waals surface area contributed by atoms with Crippen molar-refractivity contribution in [3.05, 3.63) is 138 Å². The van der Waals surface area contributed by atoms with Gasteiger partial charge in [-0.3, -0.25) is 4.79 Å². The van der Waals surface area contributed by atoms with E-state index in [2.05, 4.69) is 31.2 Å². The molecule has 3 N–H and O–H groups in total. The second kappa shape index (κ2) is 21.1. The highest BCUT2D eigenvalue weighted by Crippen LogP contribution is 2.41. The van der Waals surface area contributed by atoms with Crippen LogP contribution in [-0.2, 0) is 28.2 Å². The lowest BCUT2D eigenvalue weighted by atomic mass is 9.96. The minimum absolute atomic E-state index is 0.139. The van der Waals surface area contributed by atoms with E-state index in [1.807, 2.05) is 98.2 Å². The number of alkyl halides is 3. The summed E-state index contributed by atoms with van der Waals surface area (Å²) in [5.74, 6) is -0.112. The summed E-state index contributed by atoms with van der Waals surface area (Å²) in [5, 5.41) is 5.85. The molecule has 11 nitrogen and oxygen atoms in total. The molecule has 67 heavy (non-hydrogen) atoms. The maximum absolute atomic E-state index is 14.1. The Hall–Kier alpha value is -5.66. The van der Waals surface area contributed by atoms with Crippen molar-refractivity contribution in [1.82, 2.24) is 14.8 Å². The topological polar surface area (TPSA) is 125 Å². The van der Waals surface area contributed by atoms with Crippen LogP contribution in [0, 0.1) is 12.7 Å². The van der Waals surface area contributed by atoms with Gasteiger partial charge in [0, 0.05) is 85.7 Å². The molecule has 354 valence electrons. The number of hydrogen-bond acceptors (Lipinski definition) is 10. The van der Waals surface area contributed by atoms with Crippen molar-refractivity contribution in [1.29, 1.82) is 0 Å². The normalized spacial score (nSPS) is 14.3. The molecule has 2 atom stereocenters.